The molecular weight excluding hydrogens is 392 g/mol. The van der Waals surface area contributed by atoms with Crippen molar-refractivity contribution in [1.29, 1.82) is 0 Å². The summed E-state index contributed by atoms with van der Waals surface area (Å²) in [7, 11) is 0. The molecule has 0 atom stereocenters. The van der Waals surface area contributed by atoms with Crippen LogP contribution in [0.3, 0.4) is 0 Å². The van der Waals surface area contributed by atoms with Crippen molar-refractivity contribution in [2.75, 3.05) is 13.1 Å². The normalized spacial score (nSPS) is 17.0. The third-order valence-corrected chi connectivity index (χ3v) is 4.64. The van der Waals surface area contributed by atoms with E-state index in [1.165, 1.54) is 6.20 Å². The summed E-state index contributed by atoms with van der Waals surface area (Å²) in [6.07, 6.45) is -10.8. The summed E-state index contributed by atoms with van der Waals surface area (Å²) in [6, 6.07) is 7.84. The second-order valence-electron chi connectivity index (χ2n) is 6.39. The number of alkyl halides is 6. The number of amides is 2. The number of urea groups is 1. The van der Waals surface area contributed by atoms with E-state index in [0.717, 1.165) is 5.56 Å². The molecule has 2 amide bonds. The van der Waals surface area contributed by atoms with Crippen LogP contribution in [0.2, 0.25) is 0 Å². The van der Waals surface area contributed by atoms with E-state index in [-0.39, 0.29) is 12.4 Å². The highest BCUT2D eigenvalue weighted by Crippen LogP contribution is 2.55. The fourth-order valence-electron chi connectivity index (χ4n) is 3.00. The molecule has 28 heavy (non-hydrogen) atoms. The predicted molar refractivity (Wildman–Crippen MR) is 84.9 cm³/mol. The second kappa shape index (κ2) is 7.02. The van der Waals surface area contributed by atoms with E-state index in [0.29, 0.717) is 10.7 Å². The van der Waals surface area contributed by atoms with E-state index in [4.69, 9.17) is 4.42 Å². The van der Waals surface area contributed by atoms with Gasteiger partial charge in [-0.25, -0.2) is 9.78 Å². The molecule has 1 aliphatic heterocycles. The highest BCUT2D eigenvalue weighted by Gasteiger charge is 2.72. The molecule has 152 valence electrons. The first-order valence-corrected chi connectivity index (χ1v) is 8.20. The number of aromatic nitrogens is 1. The van der Waals surface area contributed by atoms with E-state index >= 15 is 0 Å². The van der Waals surface area contributed by atoms with Crippen molar-refractivity contribution in [3.8, 4) is 11.3 Å². The van der Waals surface area contributed by atoms with E-state index in [9.17, 15) is 31.1 Å². The molecule has 0 spiro atoms. The Bertz CT molecular complexity index is 817. The summed E-state index contributed by atoms with van der Waals surface area (Å²) in [5, 5.41) is 2.24. The van der Waals surface area contributed by atoms with Gasteiger partial charge < -0.3 is 14.6 Å². The fraction of sp³-hybridized carbons (Fsp3) is 0.412. The van der Waals surface area contributed by atoms with Gasteiger partial charge >= 0.3 is 18.4 Å². The highest BCUT2D eigenvalue weighted by atomic mass is 19.4. The van der Waals surface area contributed by atoms with E-state index in [2.05, 4.69) is 10.3 Å². The third-order valence-electron chi connectivity index (χ3n) is 4.64. The van der Waals surface area contributed by atoms with Crippen LogP contribution in [0.4, 0.5) is 31.1 Å². The first-order valence-electron chi connectivity index (χ1n) is 8.20. The average molecular weight is 407 g/mol. The Balaban J connectivity index is 1.63. The monoisotopic (exact) mass is 407 g/mol. The van der Waals surface area contributed by atoms with Crippen LogP contribution in [0.25, 0.3) is 11.3 Å². The molecule has 1 fully saturated rings. The number of hydrogen-bond acceptors (Lipinski definition) is 3. The molecular formula is C17H15F6N3O2. The van der Waals surface area contributed by atoms with Gasteiger partial charge in [0, 0.05) is 18.7 Å². The van der Waals surface area contributed by atoms with Gasteiger partial charge in [0.15, 0.2) is 11.2 Å². The first-order chi connectivity index (χ1) is 13.0. The number of halogens is 6. The van der Waals surface area contributed by atoms with Crippen molar-refractivity contribution in [2.45, 2.75) is 25.3 Å². The molecule has 0 unspecified atom stereocenters. The number of nitrogens with zero attached hydrogens (tertiary/aromatic N) is 2. The molecule has 1 saturated heterocycles. The Hall–Kier alpha value is -2.72. The van der Waals surface area contributed by atoms with Gasteiger partial charge in [0.25, 0.3) is 0 Å². The van der Waals surface area contributed by atoms with Crippen molar-refractivity contribution in [1.82, 2.24) is 15.2 Å². The van der Waals surface area contributed by atoms with Crippen molar-refractivity contribution in [3.05, 3.63) is 42.4 Å². The van der Waals surface area contributed by atoms with Gasteiger partial charge in [-0.1, -0.05) is 30.3 Å². The van der Waals surface area contributed by atoms with Gasteiger partial charge in [0.05, 0.1) is 12.7 Å². The van der Waals surface area contributed by atoms with Crippen LogP contribution in [0.15, 0.2) is 40.9 Å². The van der Waals surface area contributed by atoms with Crippen LogP contribution >= 0.6 is 0 Å². The molecule has 0 radical (unpaired) electrons. The van der Waals surface area contributed by atoms with E-state index < -0.39 is 43.3 Å². The number of rotatable bonds is 3. The van der Waals surface area contributed by atoms with E-state index in [1.54, 1.807) is 30.3 Å². The molecule has 0 aliphatic carbocycles. The molecule has 3 rings (SSSR count). The number of carbonyl (C=O) groups excluding carboxylic acids is 1. The summed E-state index contributed by atoms with van der Waals surface area (Å²) in [6.45, 7) is -2.41. The number of benzene rings is 1. The summed E-state index contributed by atoms with van der Waals surface area (Å²) in [4.78, 5) is 16.5. The standard InChI is InChI=1S/C17H15F6N3O2/c18-16(19,20)15(17(21,22)23)6-7-26(10-15)14(27)25-9-13-24-8-12(28-13)11-4-2-1-3-5-11/h1-5,8H,6-7,9-10H2,(H,25,27). The molecule has 11 heteroatoms. The smallest absolute Gasteiger partial charge is 0.404 e. The number of oxazole rings is 1. The average Bonchev–Trinajstić information content (AvgIpc) is 3.27. The van der Waals surface area contributed by atoms with Gasteiger partial charge in [0.2, 0.25) is 5.89 Å². The minimum atomic E-state index is -5.51. The Kier molecular flexibility index (Phi) is 5.02. The topological polar surface area (TPSA) is 58.4 Å². The SMILES string of the molecule is O=C(NCc1ncc(-c2ccccc2)o1)N1CCC(C(F)(F)F)(C(F)(F)F)C1. The molecule has 0 bridgehead atoms. The number of hydrogen-bond donors (Lipinski definition) is 1. The zero-order chi connectivity index (χ0) is 20.6. The minimum Gasteiger partial charge on any atom is -0.439 e. The molecule has 1 aromatic carbocycles. The zero-order valence-corrected chi connectivity index (χ0v) is 14.3. The summed E-state index contributed by atoms with van der Waals surface area (Å²) in [5.41, 5.74) is -3.19. The summed E-state index contributed by atoms with van der Waals surface area (Å²) >= 11 is 0. The maximum Gasteiger partial charge on any atom is 0.404 e. The molecule has 2 heterocycles. The van der Waals surface area contributed by atoms with Crippen molar-refractivity contribution in [2.24, 2.45) is 5.41 Å². The van der Waals surface area contributed by atoms with Crippen molar-refractivity contribution < 1.29 is 35.6 Å². The lowest BCUT2D eigenvalue weighted by molar-refractivity contribution is -0.334. The molecule has 5 nitrogen and oxygen atoms in total. The molecule has 1 N–H and O–H groups in total. The predicted octanol–water partition coefficient (Wildman–Crippen LogP) is 4.37. The lowest BCUT2D eigenvalue weighted by Gasteiger charge is -2.33. The van der Waals surface area contributed by atoms with Gasteiger partial charge in [-0.2, -0.15) is 26.3 Å². The minimum absolute atomic E-state index is 0.0734. The third kappa shape index (κ3) is 3.65. The van der Waals surface area contributed by atoms with Crippen LogP contribution in [-0.2, 0) is 6.54 Å². The van der Waals surface area contributed by atoms with Crippen molar-refractivity contribution >= 4 is 6.03 Å². The summed E-state index contributed by atoms with van der Waals surface area (Å²) < 4.78 is 83.8. The Morgan fingerprint density at radius 1 is 1.14 bits per heavy atom. The maximum atomic E-state index is 13.1. The molecule has 2 aromatic rings. The summed E-state index contributed by atoms with van der Waals surface area (Å²) in [5.74, 6) is 0.489. The van der Waals surface area contributed by atoms with Crippen LogP contribution in [0, 0.1) is 5.41 Å². The molecule has 1 aromatic heterocycles. The van der Waals surface area contributed by atoms with Crippen LogP contribution in [0.1, 0.15) is 12.3 Å². The van der Waals surface area contributed by atoms with Gasteiger partial charge in [0.1, 0.15) is 0 Å². The zero-order valence-electron chi connectivity index (χ0n) is 14.3. The number of likely N-dealkylation sites (tertiary alicyclic amines) is 1. The van der Waals surface area contributed by atoms with Crippen LogP contribution in [0.5, 0.6) is 0 Å². The lowest BCUT2D eigenvalue weighted by atomic mass is 9.85. The number of carbonyl (C=O) groups is 1. The molecule has 1 aliphatic rings. The highest BCUT2D eigenvalue weighted by molar-refractivity contribution is 5.74. The quantitative estimate of drug-likeness (QED) is 0.769. The second-order valence-corrected chi connectivity index (χ2v) is 6.39. The fourth-order valence-corrected chi connectivity index (χ4v) is 3.00. The Morgan fingerprint density at radius 3 is 2.36 bits per heavy atom. The van der Waals surface area contributed by atoms with Gasteiger partial charge in [-0.15, -0.1) is 0 Å². The van der Waals surface area contributed by atoms with Crippen molar-refractivity contribution in [3.63, 3.8) is 0 Å². The molecule has 0 saturated carbocycles. The van der Waals surface area contributed by atoms with Crippen LogP contribution < -0.4 is 5.32 Å². The first kappa shape index (κ1) is 20.0. The van der Waals surface area contributed by atoms with E-state index in [1.807, 2.05) is 0 Å². The largest absolute Gasteiger partial charge is 0.439 e. The number of nitrogens with one attached hydrogen (secondary N) is 1. The Morgan fingerprint density at radius 2 is 1.79 bits per heavy atom. The van der Waals surface area contributed by atoms with Crippen LogP contribution in [-0.4, -0.2) is 41.4 Å². The van der Waals surface area contributed by atoms with Gasteiger partial charge in [-0.05, 0) is 6.42 Å². The maximum absolute atomic E-state index is 13.1. The lowest BCUT2D eigenvalue weighted by Crippen LogP contribution is -2.52. The Labute approximate surface area is 155 Å². The van der Waals surface area contributed by atoms with Gasteiger partial charge in [-0.3, -0.25) is 0 Å².